The highest BCUT2D eigenvalue weighted by Gasteiger charge is 2.23. The Morgan fingerprint density at radius 3 is 1.78 bits per heavy atom. The highest BCUT2D eigenvalue weighted by molar-refractivity contribution is 8.02. The van der Waals surface area contributed by atoms with E-state index in [1.54, 1.807) is 0 Å². The van der Waals surface area contributed by atoms with Crippen molar-refractivity contribution in [3.63, 3.8) is 0 Å². The monoisotopic (exact) mass is 144 g/mol. The van der Waals surface area contributed by atoms with E-state index in [4.69, 9.17) is 0 Å². The molecule has 2 atom stereocenters. The van der Waals surface area contributed by atoms with Crippen LogP contribution in [-0.4, -0.2) is 23.1 Å². The Morgan fingerprint density at radius 2 is 1.56 bits per heavy atom. The summed E-state index contributed by atoms with van der Waals surface area (Å²) in [6.07, 6.45) is 3.59. The van der Waals surface area contributed by atoms with Crippen molar-refractivity contribution in [2.24, 2.45) is 0 Å². The van der Waals surface area contributed by atoms with Crippen LogP contribution < -0.4 is 0 Å². The SMILES string of the molecule is O=CC1CCC(C=O)S1. The summed E-state index contributed by atoms with van der Waals surface area (Å²) in [7, 11) is 0. The molecular formula is C6H8O2S. The zero-order valence-electron chi connectivity index (χ0n) is 4.95. The molecule has 0 radical (unpaired) electrons. The summed E-state index contributed by atoms with van der Waals surface area (Å²) in [4.78, 5) is 20.3. The number of hydrogen-bond donors (Lipinski definition) is 0. The molecule has 1 aliphatic rings. The fraction of sp³-hybridized carbons (Fsp3) is 0.667. The Kier molecular flexibility index (Phi) is 2.28. The third-order valence-corrected chi connectivity index (χ3v) is 2.78. The maximum absolute atomic E-state index is 10.1. The maximum atomic E-state index is 10.1. The number of rotatable bonds is 2. The van der Waals surface area contributed by atoms with Gasteiger partial charge < -0.3 is 9.59 Å². The van der Waals surface area contributed by atoms with Crippen molar-refractivity contribution in [2.45, 2.75) is 23.3 Å². The number of carbonyl (C=O) groups excluding carboxylic acids is 2. The first kappa shape index (κ1) is 6.81. The average molecular weight is 144 g/mol. The fourth-order valence-corrected chi connectivity index (χ4v) is 2.01. The average Bonchev–Trinajstić information content (AvgIpc) is 2.34. The second-order valence-electron chi connectivity index (χ2n) is 2.06. The molecule has 3 heteroatoms. The van der Waals surface area contributed by atoms with Crippen molar-refractivity contribution >= 4 is 24.3 Å². The number of aldehydes is 2. The van der Waals surface area contributed by atoms with E-state index < -0.39 is 0 Å². The molecule has 2 unspecified atom stereocenters. The van der Waals surface area contributed by atoms with Gasteiger partial charge >= 0.3 is 0 Å². The van der Waals surface area contributed by atoms with E-state index >= 15 is 0 Å². The second kappa shape index (κ2) is 3.01. The first-order chi connectivity index (χ1) is 4.36. The third-order valence-electron chi connectivity index (χ3n) is 1.39. The molecule has 1 aliphatic heterocycles. The van der Waals surface area contributed by atoms with E-state index in [9.17, 15) is 9.59 Å². The van der Waals surface area contributed by atoms with Gasteiger partial charge in [-0.3, -0.25) is 0 Å². The molecule has 0 aromatic heterocycles. The standard InChI is InChI=1S/C6H8O2S/c7-3-5-1-2-6(4-8)9-5/h3-6H,1-2H2. The van der Waals surface area contributed by atoms with Gasteiger partial charge in [0.05, 0.1) is 10.5 Å². The summed E-state index contributed by atoms with van der Waals surface area (Å²) in [5.74, 6) is 0. The molecule has 1 saturated heterocycles. The van der Waals surface area contributed by atoms with Crippen LogP contribution in [0.25, 0.3) is 0 Å². The normalized spacial score (nSPS) is 34.2. The largest absolute Gasteiger partial charge is 0.302 e. The molecule has 50 valence electrons. The Hall–Kier alpha value is -0.310. The predicted molar refractivity (Wildman–Crippen MR) is 36.5 cm³/mol. The minimum Gasteiger partial charge on any atom is -0.302 e. The van der Waals surface area contributed by atoms with Crippen molar-refractivity contribution in [3.05, 3.63) is 0 Å². The van der Waals surface area contributed by atoms with Crippen LogP contribution in [0.4, 0.5) is 0 Å². The number of thioether (sulfide) groups is 1. The molecule has 1 fully saturated rings. The van der Waals surface area contributed by atoms with Gasteiger partial charge in [0.2, 0.25) is 0 Å². The molecule has 0 bridgehead atoms. The van der Waals surface area contributed by atoms with E-state index in [0.717, 1.165) is 25.4 Å². The molecule has 9 heavy (non-hydrogen) atoms. The summed E-state index contributed by atoms with van der Waals surface area (Å²) >= 11 is 1.47. The summed E-state index contributed by atoms with van der Waals surface area (Å²) in [5, 5.41) is 0.167. The van der Waals surface area contributed by atoms with Crippen LogP contribution in [0.1, 0.15) is 12.8 Å². The second-order valence-corrected chi connectivity index (χ2v) is 3.55. The van der Waals surface area contributed by atoms with Gasteiger partial charge in [-0.25, -0.2) is 0 Å². The Balaban J connectivity index is 2.36. The van der Waals surface area contributed by atoms with Gasteiger partial charge in [0.1, 0.15) is 12.6 Å². The highest BCUT2D eigenvalue weighted by Crippen LogP contribution is 2.30. The Bertz CT molecular complexity index is 110. The van der Waals surface area contributed by atoms with Crippen molar-refractivity contribution in [1.82, 2.24) is 0 Å². The van der Waals surface area contributed by atoms with Crippen LogP contribution in [0.15, 0.2) is 0 Å². The van der Waals surface area contributed by atoms with Crippen LogP contribution in [0, 0.1) is 0 Å². The highest BCUT2D eigenvalue weighted by atomic mass is 32.2. The molecule has 0 aromatic rings. The van der Waals surface area contributed by atoms with Gasteiger partial charge in [-0.2, -0.15) is 0 Å². The van der Waals surface area contributed by atoms with Crippen LogP contribution in [0.3, 0.4) is 0 Å². The minimum atomic E-state index is 0.0835. The maximum Gasteiger partial charge on any atom is 0.132 e. The molecule has 0 spiro atoms. The zero-order valence-corrected chi connectivity index (χ0v) is 5.76. The molecule has 0 N–H and O–H groups in total. The fourth-order valence-electron chi connectivity index (χ4n) is 0.889. The quantitative estimate of drug-likeness (QED) is 0.533. The lowest BCUT2D eigenvalue weighted by Gasteiger charge is -1.95. The number of carbonyl (C=O) groups is 2. The molecule has 0 saturated carbocycles. The van der Waals surface area contributed by atoms with Crippen molar-refractivity contribution in [1.29, 1.82) is 0 Å². The van der Waals surface area contributed by atoms with Crippen molar-refractivity contribution < 1.29 is 9.59 Å². The van der Waals surface area contributed by atoms with Crippen LogP contribution in [0.2, 0.25) is 0 Å². The van der Waals surface area contributed by atoms with Crippen LogP contribution >= 0.6 is 11.8 Å². The van der Waals surface area contributed by atoms with E-state index in [0.29, 0.717) is 0 Å². The lowest BCUT2D eigenvalue weighted by molar-refractivity contribution is -0.108. The van der Waals surface area contributed by atoms with E-state index in [-0.39, 0.29) is 10.5 Å². The van der Waals surface area contributed by atoms with Gasteiger partial charge in [-0.15, -0.1) is 11.8 Å². The summed E-state index contributed by atoms with van der Waals surface area (Å²) in [6, 6.07) is 0. The number of hydrogen-bond acceptors (Lipinski definition) is 3. The van der Waals surface area contributed by atoms with E-state index in [1.165, 1.54) is 11.8 Å². The van der Waals surface area contributed by atoms with Gasteiger partial charge in [-0.05, 0) is 12.8 Å². The lowest BCUT2D eigenvalue weighted by Crippen LogP contribution is -1.98. The van der Waals surface area contributed by atoms with Crippen molar-refractivity contribution in [2.75, 3.05) is 0 Å². The van der Waals surface area contributed by atoms with Crippen molar-refractivity contribution in [3.8, 4) is 0 Å². The van der Waals surface area contributed by atoms with Crippen LogP contribution in [-0.2, 0) is 9.59 Å². The van der Waals surface area contributed by atoms with E-state index in [1.807, 2.05) is 0 Å². The topological polar surface area (TPSA) is 34.1 Å². The molecule has 0 aromatic carbocycles. The van der Waals surface area contributed by atoms with E-state index in [2.05, 4.69) is 0 Å². The van der Waals surface area contributed by atoms with Gasteiger partial charge in [-0.1, -0.05) is 0 Å². The molecule has 1 heterocycles. The third kappa shape index (κ3) is 1.55. The summed E-state index contributed by atoms with van der Waals surface area (Å²) < 4.78 is 0. The van der Waals surface area contributed by atoms with Gasteiger partial charge in [0.15, 0.2) is 0 Å². The smallest absolute Gasteiger partial charge is 0.132 e. The predicted octanol–water partition coefficient (Wildman–Crippen LogP) is 0.648. The molecule has 0 amide bonds. The van der Waals surface area contributed by atoms with Gasteiger partial charge in [0.25, 0.3) is 0 Å². The first-order valence-electron chi connectivity index (χ1n) is 2.93. The molecule has 2 nitrogen and oxygen atoms in total. The van der Waals surface area contributed by atoms with Crippen LogP contribution in [0.5, 0.6) is 0 Å². The Morgan fingerprint density at radius 1 is 1.11 bits per heavy atom. The summed E-state index contributed by atoms with van der Waals surface area (Å²) in [5.41, 5.74) is 0. The van der Waals surface area contributed by atoms with Gasteiger partial charge in [0, 0.05) is 0 Å². The Labute approximate surface area is 58.0 Å². The first-order valence-corrected chi connectivity index (χ1v) is 3.87. The molecular weight excluding hydrogens is 136 g/mol. The summed E-state index contributed by atoms with van der Waals surface area (Å²) in [6.45, 7) is 0. The lowest BCUT2D eigenvalue weighted by atomic mass is 10.2. The molecule has 1 rings (SSSR count). The molecule has 0 aliphatic carbocycles. The minimum absolute atomic E-state index is 0.0835. The zero-order chi connectivity index (χ0) is 6.69.